The van der Waals surface area contributed by atoms with Crippen LogP contribution in [0.1, 0.15) is 12.5 Å². The number of anilines is 1. The second-order valence-electron chi connectivity index (χ2n) is 3.73. The first-order valence-corrected chi connectivity index (χ1v) is 6.16. The predicted octanol–water partition coefficient (Wildman–Crippen LogP) is 2.51. The molecule has 1 aromatic carbocycles. The minimum Gasteiger partial charge on any atom is -0.288 e. The van der Waals surface area contributed by atoms with Crippen molar-refractivity contribution >= 4 is 27.5 Å². The van der Waals surface area contributed by atoms with E-state index in [1.165, 1.54) is 0 Å². The Bertz CT molecular complexity index is 666. The van der Waals surface area contributed by atoms with Gasteiger partial charge < -0.3 is 0 Å². The number of aromatic amines is 1. The second-order valence-corrected chi connectivity index (χ2v) is 4.64. The van der Waals surface area contributed by atoms with Crippen molar-refractivity contribution in [1.29, 1.82) is 0 Å². The molecule has 2 aromatic rings. The maximum absolute atomic E-state index is 13.3. The lowest BCUT2D eigenvalue weighted by molar-refractivity contribution is 0.614. The molecule has 0 amide bonds. The topological polar surface area (TPSA) is 70.1 Å². The number of hydrazone groups is 1. The van der Waals surface area contributed by atoms with Crippen LogP contribution in [0.25, 0.3) is 0 Å². The Morgan fingerprint density at radius 2 is 2.11 bits per heavy atom. The summed E-state index contributed by atoms with van der Waals surface area (Å²) in [6, 6.07) is 7.50. The van der Waals surface area contributed by atoms with E-state index in [1.54, 1.807) is 6.92 Å². The van der Waals surface area contributed by atoms with Crippen LogP contribution in [0.15, 0.2) is 44.8 Å². The molecular weight excluding hydrogens is 315 g/mol. The largest absolute Gasteiger partial charge is 0.346 e. The summed E-state index contributed by atoms with van der Waals surface area (Å²) < 4.78 is 14.3. The van der Waals surface area contributed by atoms with Crippen LogP contribution >= 0.6 is 15.9 Å². The van der Waals surface area contributed by atoms with Crippen LogP contribution in [-0.2, 0) is 0 Å². The number of H-pyrrole nitrogens is 1. The Hall–Kier alpha value is -2.02. The minimum atomic E-state index is -0.674. The van der Waals surface area contributed by atoms with Crippen molar-refractivity contribution in [3.05, 3.63) is 56.8 Å². The third-order valence-electron chi connectivity index (χ3n) is 2.36. The average molecular weight is 325 g/mol. The Morgan fingerprint density at radius 1 is 1.42 bits per heavy atom. The van der Waals surface area contributed by atoms with E-state index in [1.807, 2.05) is 24.3 Å². The number of hydrogen-bond donors (Lipinski definition) is 2. The van der Waals surface area contributed by atoms with Crippen LogP contribution in [0, 0.1) is 5.82 Å². The highest BCUT2D eigenvalue weighted by Gasteiger charge is 2.03. The van der Waals surface area contributed by atoms with E-state index in [4.69, 9.17) is 0 Å². The molecule has 0 unspecified atom stereocenters. The first kappa shape index (κ1) is 13.4. The van der Waals surface area contributed by atoms with Gasteiger partial charge in [-0.2, -0.15) is 10.1 Å². The molecule has 7 heteroatoms. The van der Waals surface area contributed by atoms with Gasteiger partial charge in [0.1, 0.15) is 0 Å². The van der Waals surface area contributed by atoms with E-state index < -0.39 is 11.5 Å². The van der Waals surface area contributed by atoms with Crippen molar-refractivity contribution < 1.29 is 4.39 Å². The molecule has 5 nitrogen and oxygen atoms in total. The van der Waals surface area contributed by atoms with E-state index in [2.05, 4.69) is 36.4 Å². The molecule has 0 aliphatic heterocycles. The standard InChI is InChI=1S/C12H10BrFN4O/c1-7(8-2-4-9(13)5-3-8)17-18-11-10(14)6-15-12(19)16-11/h2-6H,1H3,(H2,15,16,18,19)/b17-7+. The number of rotatable bonds is 3. The van der Waals surface area contributed by atoms with Gasteiger partial charge in [0.05, 0.1) is 11.9 Å². The van der Waals surface area contributed by atoms with Gasteiger partial charge in [0, 0.05) is 4.47 Å². The molecule has 0 aliphatic rings. The Morgan fingerprint density at radius 3 is 2.79 bits per heavy atom. The van der Waals surface area contributed by atoms with Crippen molar-refractivity contribution in [3.8, 4) is 0 Å². The van der Waals surface area contributed by atoms with Crippen LogP contribution in [0.2, 0.25) is 0 Å². The highest BCUT2D eigenvalue weighted by molar-refractivity contribution is 9.10. The molecule has 0 spiro atoms. The highest BCUT2D eigenvalue weighted by Crippen LogP contribution is 2.12. The maximum Gasteiger partial charge on any atom is 0.346 e. The molecule has 0 atom stereocenters. The molecular formula is C12H10BrFN4O. The minimum absolute atomic E-state index is 0.114. The molecule has 1 aromatic heterocycles. The van der Waals surface area contributed by atoms with Crippen LogP contribution in [0.4, 0.5) is 10.2 Å². The van der Waals surface area contributed by atoms with Gasteiger partial charge >= 0.3 is 5.69 Å². The fourth-order valence-corrected chi connectivity index (χ4v) is 1.62. The third-order valence-corrected chi connectivity index (χ3v) is 2.89. The fourth-order valence-electron chi connectivity index (χ4n) is 1.36. The van der Waals surface area contributed by atoms with Gasteiger partial charge in [-0.25, -0.2) is 9.18 Å². The lowest BCUT2D eigenvalue weighted by Crippen LogP contribution is -2.13. The summed E-state index contributed by atoms with van der Waals surface area (Å²) in [5.74, 6) is -0.789. The Balaban J connectivity index is 2.20. The summed E-state index contributed by atoms with van der Waals surface area (Å²) in [6.45, 7) is 1.77. The molecule has 0 bridgehead atoms. The van der Waals surface area contributed by atoms with Crippen molar-refractivity contribution in [2.75, 3.05) is 5.43 Å². The summed E-state index contributed by atoms with van der Waals surface area (Å²) in [5.41, 5.74) is 3.37. The molecule has 2 N–H and O–H groups in total. The molecule has 2 rings (SSSR count). The molecule has 0 radical (unpaired) electrons. The fraction of sp³-hybridized carbons (Fsp3) is 0.0833. The zero-order chi connectivity index (χ0) is 13.8. The van der Waals surface area contributed by atoms with Crippen LogP contribution in [0.3, 0.4) is 0 Å². The maximum atomic E-state index is 13.3. The van der Waals surface area contributed by atoms with Gasteiger partial charge in [0.2, 0.25) is 0 Å². The summed E-state index contributed by atoms with van der Waals surface area (Å²) in [5, 5.41) is 4.01. The smallest absolute Gasteiger partial charge is 0.288 e. The Kier molecular flexibility index (Phi) is 4.06. The van der Waals surface area contributed by atoms with Crippen molar-refractivity contribution in [3.63, 3.8) is 0 Å². The van der Waals surface area contributed by atoms with Gasteiger partial charge in [-0.15, -0.1) is 0 Å². The summed E-state index contributed by atoms with van der Waals surface area (Å²) >= 11 is 3.34. The first-order valence-electron chi connectivity index (χ1n) is 5.37. The first-order chi connectivity index (χ1) is 9.06. The monoisotopic (exact) mass is 324 g/mol. The molecule has 0 saturated heterocycles. The van der Waals surface area contributed by atoms with E-state index >= 15 is 0 Å². The van der Waals surface area contributed by atoms with E-state index in [9.17, 15) is 9.18 Å². The predicted molar refractivity (Wildman–Crippen MR) is 74.8 cm³/mol. The number of aromatic nitrogens is 2. The molecule has 0 fully saturated rings. The lowest BCUT2D eigenvalue weighted by Gasteiger charge is -2.04. The molecule has 0 aliphatic carbocycles. The van der Waals surface area contributed by atoms with Crippen molar-refractivity contribution in [2.24, 2.45) is 5.10 Å². The van der Waals surface area contributed by atoms with E-state index in [0.29, 0.717) is 5.71 Å². The van der Waals surface area contributed by atoms with Crippen LogP contribution in [-0.4, -0.2) is 15.7 Å². The number of nitrogens with one attached hydrogen (secondary N) is 2. The number of halogens is 2. The van der Waals surface area contributed by atoms with Gasteiger partial charge in [-0.3, -0.25) is 10.4 Å². The number of hydrogen-bond acceptors (Lipinski definition) is 4. The van der Waals surface area contributed by atoms with Crippen LogP contribution < -0.4 is 11.1 Å². The van der Waals surface area contributed by atoms with E-state index in [0.717, 1.165) is 16.2 Å². The molecule has 98 valence electrons. The van der Waals surface area contributed by atoms with Gasteiger partial charge in [-0.1, -0.05) is 28.1 Å². The zero-order valence-corrected chi connectivity index (χ0v) is 11.5. The zero-order valence-electron chi connectivity index (χ0n) is 9.95. The van der Waals surface area contributed by atoms with E-state index in [-0.39, 0.29) is 5.82 Å². The molecule has 0 saturated carbocycles. The summed E-state index contributed by atoms with van der Waals surface area (Å²) in [7, 11) is 0. The van der Waals surface area contributed by atoms with Gasteiger partial charge in [0.15, 0.2) is 11.6 Å². The lowest BCUT2D eigenvalue weighted by atomic mass is 10.1. The quantitative estimate of drug-likeness (QED) is 0.673. The molecule has 1 heterocycles. The number of benzene rings is 1. The Labute approximate surface area is 116 Å². The summed E-state index contributed by atoms with van der Waals surface area (Å²) in [6.07, 6.45) is 0.839. The third kappa shape index (κ3) is 3.47. The van der Waals surface area contributed by atoms with Crippen molar-refractivity contribution in [1.82, 2.24) is 9.97 Å². The second kappa shape index (κ2) is 5.75. The summed E-state index contributed by atoms with van der Waals surface area (Å²) in [4.78, 5) is 16.4. The van der Waals surface area contributed by atoms with Gasteiger partial charge in [-0.05, 0) is 24.6 Å². The van der Waals surface area contributed by atoms with Gasteiger partial charge in [0.25, 0.3) is 0 Å². The normalized spacial score (nSPS) is 11.4. The van der Waals surface area contributed by atoms with Crippen LogP contribution in [0.5, 0.6) is 0 Å². The number of nitrogens with zero attached hydrogens (tertiary/aromatic N) is 2. The average Bonchev–Trinajstić information content (AvgIpc) is 2.40. The molecule has 19 heavy (non-hydrogen) atoms. The van der Waals surface area contributed by atoms with Crippen molar-refractivity contribution in [2.45, 2.75) is 6.92 Å². The highest BCUT2D eigenvalue weighted by atomic mass is 79.9. The SMILES string of the molecule is C/C(=N\Nc1[nH]c(=O)ncc1F)c1ccc(Br)cc1.